The van der Waals surface area contributed by atoms with Crippen LogP contribution in [-0.2, 0) is 4.74 Å². The molecule has 1 aliphatic rings. The highest BCUT2D eigenvalue weighted by Gasteiger charge is 2.45. The molecule has 1 aliphatic heterocycles. The zero-order valence-electron chi connectivity index (χ0n) is 9.54. The number of rotatable bonds is 2. The first-order chi connectivity index (χ1) is 8.45. The van der Waals surface area contributed by atoms with Gasteiger partial charge in [-0.2, -0.15) is 0 Å². The van der Waals surface area contributed by atoms with Crippen molar-refractivity contribution in [1.82, 2.24) is 9.55 Å². The van der Waals surface area contributed by atoms with E-state index < -0.39 is 42.5 Å². The van der Waals surface area contributed by atoms with Gasteiger partial charge in [0.25, 0.3) is 5.56 Å². The minimum absolute atomic E-state index is 0.230. The number of nitrogens with zero attached hydrogens (tertiary/aromatic N) is 1. The predicted octanol–water partition coefficient (Wildman–Crippen LogP) is -1.57. The van der Waals surface area contributed by atoms with Crippen molar-refractivity contribution in [2.24, 2.45) is 0 Å². The van der Waals surface area contributed by atoms with Crippen LogP contribution in [0.4, 0.5) is 4.39 Å². The fourth-order valence-corrected chi connectivity index (χ4v) is 1.86. The molecule has 0 aliphatic carbocycles. The van der Waals surface area contributed by atoms with Crippen molar-refractivity contribution >= 4 is 0 Å². The highest BCUT2D eigenvalue weighted by Crippen LogP contribution is 2.30. The van der Waals surface area contributed by atoms with Gasteiger partial charge in [0.2, 0.25) is 0 Å². The summed E-state index contributed by atoms with van der Waals surface area (Å²) in [4.78, 5) is 24.8. The number of aromatic amines is 1. The summed E-state index contributed by atoms with van der Waals surface area (Å²) in [7, 11) is 0. The van der Waals surface area contributed by atoms with E-state index in [1.807, 2.05) is 4.98 Å². The van der Waals surface area contributed by atoms with E-state index in [2.05, 4.69) is 0 Å². The first kappa shape index (κ1) is 12.9. The van der Waals surface area contributed by atoms with Crippen LogP contribution in [0.1, 0.15) is 11.8 Å². The SMILES string of the molecule is Cc1cn([C@@H]2O[C@H](CO)C(F)[C@H]2O)c(=O)[nH]c1=O. The van der Waals surface area contributed by atoms with Gasteiger partial charge < -0.3 is 14.9 Å². The summed E-state index contributed by atoms with van der Waals surface area (Å²) in [5.74, 6) is 0. The molecule has 0 bridgehead atoms. The van der Waals surface area contributed by atoms with Crippen LogP contribution in [0.2, 0.25) is 0 Å². The van der Waals surface area contributed by atoms with E-state index >= 15 is 0 Å². The van der Waals surface area contributed by atoms with Gasteiger partial charge in [-0.3, -0.25) is 14.3 Å². The maximum atomic E-state index is 13.5. The van der Waals surface area contributed by atoms with Crippen LogP contribution in [0.5, 0.6) is 0 Å². The average Bonchev–Trinajstić information content (AvgIpc) is 2.61. The molecule has 1 fully saturated rings. The molecule has 1 saturated heterocycles. The molecular weight excluding hydrogens is 247 g/mol. The molecule has 3 N–H and O–H groups in total. The van der Waals surface area contributed by atoms with Crippen LogP contribution < -0.4 is 11.2 Å². The van der Waals surface area contributed by atoms with Crippen LogP contribution in [0.3, 0.4) is 0 Å². The van der Waals surface area contributed by atoms with Crippen LogP contribution >= 0.6 is 0 Å². The lowest BCUT2D eigenvalue weighted by Gasteiger charge is -2.17. The second-order valence-electron chi connectivity index (χ2n) is 4.16. The van der Waals surface area contributed by atoms with E-state index in [9.17, 15) is 19.1 Å². The molecule has 0 radical (unpaired) electrons. The number of hydrogen-bond acceptors (Lipinski definition) is 5. The van der Waals surface area contributed by atoms with E-state index in [-0.39, 0.29) is 5.56 Å². The number of H-pyrrole nitrogens is 1. The number of aromatic nitrogens is 2. The highest BCUT2D eigenvalue weighted by atomic mass is 19.1. The number of aryl methyl sites for hydroxylation is 1. The Morgan fingerprint density at radius 1 is 1.56 bits per heavy atom. The molecule has 7 nitrogen and oxygen atoms in total. The Labute approximate surface area is 100 Å². The smallest absolute Gasteiger partial charge is 0.330 e. The highest BCUT2D eigenvalue weighted by molar-refractivity contribution is 5.03. The van der Waals surface area contributed by atoms with Crippen LogP contribution in [0.25, 0.3) is 0 Å². The van der Waals surface area contributed by atoms with Gasteiger partial charge in [-0.1, -0.05) is 0 Å². The number of hydrogen-bond donors (Lipinski definition) is 3. The molecule has 1 unspecified atom stereocenters. The van der Waals surface area contributed by atoms with E-state index in [1.165, 1.54) is 13.1 Å². The predicted molar refractivity (Wildman–Crippen MR) is 58.0 cm³/mol. The summed E-state index contributed by atoms with van der Waals surface area (Å²) >= 11 is 0. The summed E-state index contributed by atoms with van der Waals surface area (Å²) in [5.41, 5.74) is -1.13. The molecule has 100 valence electrons. The third-order valence-electron chi connectivity index (χ3n) is 2.89. The molecule has 1 aromatic rings. The molecule has 0 aromatic carbocycles. The Hall–Kier alpha value is -1.51. The fourth-order valence-electron chi connectivity index (χ4n) is 1.86. The van der Waals surface area contributed by atoms with Gasteiger partial charge in [0.05, 0.1) is 6.61 Å². The topological polar surface area (TPSA) is 105 Å². The first-order valence-corrected chi connectivity index (χ1v) is 5.36. The van der Waals surface area contributed by atoms with Crippen molar-refractivity contribution in [3.8, 4) is 0 Å². The largest absolute Gasteiger partial charge is 0.394 e. The number of nitrogens with one attached hydrogen (secondary N) is 1. The second-order valence-corrected chi connectivity index (χ2v) is 4.16. The zero-order chi connectivity index (χ0) is 13.4. The third kappa shape index (κ3) is 1.98. The molecule has 0 spiro atoms. The Kier molecular flexibility index (Phi) is 3.33. The third-order valence-corrected chi connectivity index (χ3v) is 2.89. The van der Waals surface area contributed by atoms with Crippen molar-refractivity contribution in [3.05, 3.63) is 32.6 Å². The minimum Gasteiger partial charge on any atom is -0.394 e. The lowest BCUT2D eigenvalue weighted by molar-refractivity contribution is -0.0538. The van der Waals surface area contributed by atoms with E-state index in [1.54, 1.807) is 0 Å². The number of ether oxygens (including phenoxy) is 1. The maximum absolute atomic E-state index is 13.5. The summed E-state index contributed by atoms with van der Waals surface area (Å²) in [5, 5.41) is 18.5. The average molecular weight is 260 g/mol. The van der Waals surface area contributed by atoms with Gasteiger partial charge in [0, 0.05) is 11.8 Å². The van der Waals surface area contributed by atoms with E-state index in [0.717, 1.165) is 4.57 Å². The monoisotopic (exact) mass is 260 g/mol. The maximum Gasteiger partial charge on any atom is 0.330 e. The fraction of sp³-hybridized carbons (Fsp3) is 0.600. The standard InChI is InChI=1S/C10H13FN2O5/c1-4-2-13(10(17)12-8(4)16)9-7(15)6(11)5(3-14)18-9/h2,5-7,9,14-15H,3H2,1H3,(H,12,16,17)/t5-,6?,7-,9-/m1/s1. The second kappa shape index (κ2) is 4.63. The van der Waals surface area contributed by atoms with Gasteiger partial charge >= 0.3 is 5.69 Å². The number of alkyl halides is 1. The minimum atomic E-state index is -1.79. The Morgan fingerprint density at radius 3 is 2.78 bits per heavy atom. The molecule has 0 saturated carbocycles. The van der Waals surface area contributed by atoms with Gasteiger partial charge in [-0.25, -0.2) is 9.18 Å². The molecule has 18 heavy (non-hydrogen) atoms. The lowest BCUT2D eigenvalue weighted by atomic mass is 10.1. The zero-order valence-corrected chi connectivity index (χ0v) is 9.54. The first-order valence-electron chi connectivity index (χ1n) is 5.36. The van der Waals surface area contributed by atoms with Gasteiger partial charge in [0.1, 0.15) is 12.2 Å². The van der Waals surface area contributed by atoms with Crippen LogP contribution in [0, 0.1) is 6.92 Å². The summed E-state index contributed by atoms with van der Waals surface area (Å²) in [6.07, 6.45) is -4.64. The molecule has 2 rings (SSSR count). The Bertz CT molecular complexity index is 554. The molecular formula is C10H13FN2O5. The van der Waals surface area contributed by atoms with Crippen molar-refractivity contribution in [1.29, 1.82) is 0 Å². The molecule has 4 atom stereocenters. The Morgan fingerprint density at radius 2 is 2.22 bits per heavy atom. The lowest BCUT2D eigenvalue weighted by Crippen LogP contribution is -2.37. The Balaban J connectivity index is 2.42. The van der Waals surface area contributed by atoms with E-state index in [4.69, 9.17) is 9.84 Å². The van der Waals surface area contributed by atoms with Crippen molar-refractivity contribution in [2.45, 2.75) is 31.5 Å². The van der Waals surface area contributed by atoms with Gasteiger partial charge in [-0.05, 0) is 6.92 Å². The molecule has 2 heterocycles. The summed E-state index contributed by atoms with van der Waals surface area (Å²) < 4.78 is 19.5. The number of aliphatic hydroxyl groups excluding tert-OH is 2. The normalized spacial score (nSPS) is 31.8. The van der Waals surface area contributed by atoms with Crippen molar-refractivity contribution in [3.63, 3.8) is 0 Å². The molecule has 0 amide bonds. The summed E-state index contributed by atoms with van der Waals surface area (Å²) in [6.45, 7) is 0.859. The van der Waals surface area contributed by atoms with E-state index in [0.29, 0.717) is 0 Å². The van der Waals surface area contributed by atoms with Gasteiger partial charge in [-0.15, -0.1) is 0 Å². The van der Waals surface area contributed by atoms with Crippen LogP contribution in [0.15, 0.2) is 15.8 Å². The van der Waals surface area contributed by atoms with Crippen molar-refractivity contribution < 1.29 is 19.3 Å². The quantitative estimate of drug-likeness (QED) is 0.596. The van der Waals surface area contributed by atoms with Crippen molar-refractivity contribution in [2.75, 3.05) is 6.61 Å². The van der Waals surface area contributed by atoms with Gasteiger partial charge in [0.15, 0.2) is 12.4 Å². The molecule has 1 aromatic heterocycles. The van der Waals surface area contributed by atoms with Crippen LogP contribution in [-0.4, -0.2) is 44.8 Å². The number of aliphatic hydroxyl groups is 2. The summed E-state index contributed by atoms with van der Waals surface area (Å²) in [6, 6.07) is 0. The molecule has 8 heteroatoms. The number of halogens is 1.